The van der Waals surface area contributed by atoms with Gasteiger partial charge in [0.05, 0.1) is 6.20 Å². The van der Waals surface area contributed by atoms with E-state index in [1.807, 2.05) is 27.7 Å². The topological polar surface area (TPSA) is 165 Å². The van der Waals surface area contributed by atoms with E-state index >= 15 is 0 Å². The van der Waals surface area contributed by atoms with Crippen LogP contribution < -0.4 is 10.6 Å². The molecule has 2 atom stereocenters. The van der Waals surface area contributed by atoms with Gasteiger partial charge in [-0.05, 0) is 18.6 Å². The van der Waals surface area contributed by atoms with Gasteiger partial charge in [0.1, 0.15) is 22.2 Å². The first-order chi connectivity index (χ1) is 17.5. The average Bonchev–Trinajstić information content (AvgIpc) is 3.50. The highest BCUT2D eigenvalue weighted by molar-refractivity contribution is 6.42. The minimum absolute atomic E-state index is 0.0233. The lowest BCUT2D eigenvalue weighted by Crippen LogP contribution is -2.46. The Labute approximate surface area is 222 Å². The number of hydrogen-bond acceptors (Lipinski definition) is 9. The van der Waals surface area contributed by atoms with Crippen molar-refractivity contribution in [1.82, 2.24) is 30.7 Å². The van der Waals surface area contributed by atoms with Crippen molar-refractivity contribution in [3.63, 3.8) is 0 Å². The fraction of sp³-hybridized carbons (Fsp3) is 0.435. The summed E-state index contributed by atoms with van der Waals surface area (Å²) < 4.78 is 11.4. The van der Waals surface area contributed by atoms with Crippen molar-refractivity contribution in [2.75, 3.05) is 5.32 Å². The van der Waals surface area contributed by atoms with Crippen LogP contribution in [0, 0.1) is 5.41 Å². The van der Waals surface area contributed by atoms with Crippen LogP contribution in [0.4, 0.5) is 10.6 Å². The van der Waals surface area contributed by atoms with Crippen molar-refractivity contribution in [3.05, 3.63) is 40.6 Å². The maximum Gasteiger partial charge on any atom is 0.408 e. The van der Waals surface area contributed by atoms with Crippen molar-refractivity contribution in [2.24, 2.45) is 5.41 Å². The van der Waals surface area contributed by atoms with Crippen LogP contribution in [0.3, 0.4) is 0 Å². The first-order valence-corrected chi connectivity index (χ1v) is 12.2. The van der Waals surface area contributed by atoms with Crippen LogP contribution in [0.5, 0.6) is 0 Å². The molecule has 14 heteroatoms. The lowest BCUT2D eigenvalue weighted by atomic mass is 9.89. The molecule has 0 bridgehead atoms. The molecule has 0 saturated carbocycles. The van der Waals surface area contributed by atoms with E-state index in [-0.39, 0.29) is 34.3 Å². The molecule has 0 spiro atoms. The Morgan fingerprint density at radius 2 is 1.86 bits per heavy atom. The number of aromatic nitrogens is 5. The van der Waals surface area contributed by atoms with Gasteiger partial charge in [-0.3, -0.25) is 14.7 Å². The molecule has 0 aliphatic rings. The van der Waals surface area contributed by atoms with Gasteiger partial charge in [-0.1, -0.05) is 63.7 Å². The van der Waals surface area contributed by atoms with Gasteiger partial charge in [-0.25, -0.2) is 9.78 Å². The second kappa shape index (κ2) is 12.2. The highest BCUT2D eigenvalue weighted by Gasteiger charge is 2.36. The number of hydrogen-bond donors (Lipinski definition) is 3. The Morgan fingerprint density at radius 1 is 1.16 bits per heavy atom. The number of rotatable bonds is 10. The number of H-pyrrole nitrogens is 1. The van der Waals surface area contributed by atoms with Gasteiger partial charge < -0.3 is 19.8 Å². The first-order valence-electron chi connectivity index (χ1n) is 11.5. The standard InChI is InChI=1S/C23H27Cl2N7O5/c1-5-6-7-13(17(33)19(34)29-16-8-9-26-30-16)27-22(35)36-18(23(2,3)4)21-32-31-20(37-21)12-10-14(24)28-15(25)11-12/h8-11,13,18H,5-7H2,1-4H3,(H,27,35)(H2,26,29,30,34)/t13-,18-/m0/s1. The number of anilines is 1. The van der Waals surface area contributed by atoms with E-state index in [4.69, 9.17) is 32.4 Å². The number of amides is 2. The summed E-state index contributed by atoms with van der Waals surface area (Å²) in [5.74, 6) is -1.33. The summed E-state index contributed by atoms with van der Waals surface area (Å²) in [6, 6.07) is 3.40. The fourth-order valence-electron chi connectivity index (χ4n) is 3.27. The number of unbranched alkanes of at least 4 members (excludes halogenated alkanes) is 1. The second-order valence-corrected chi connectivity index (χ2v) is 10.0. The number of ether oxygens (including phenoxy) is 1. The summed E-state index contributed by atoms with van der Waals surface area (Å²) in [5.41, 5.74) is -0.232. The molecule has 0 aromatic carbocycles. The highest BCUT2D eigenvalue weighted by Crippen LogP contribution is 2.37. The van der Waals surface area contributed by atoms with Crippen LogP contribution in [-0.2, 0) is 14.3 Å². The van der Waals surface area contributed by atoms with E-state index in [1.54, 1.807) is 0 Å². The van der Waals surface area contributed by atoms with Crippen LogP contribution in [0.2, 0.25) is 10.3 Å². The molecule has 0 aliphatic heterocycles. The minimum atomic E-state index is -1.10. The van der Waals surface area contributed by atoms with E-state index in [0.717, 1.165) is 6.42 Å². The molecule has 3 aromatic heterocycles. The van der Waals surface area contributed by atoms with Crippen molar-refractivity contribution in [1.29, 1.82) is 0 Å². The molecular weight excluding hydrogens is 525 g/mol. The molecule has 198 valence electrons. The van der Waals surface area contributed by atoms with Gasteiger partial charge in [0.25, 0.3) is 11.8 Å². The number of alkyl carbamates (subject to hydrolysis) is 1. The number of carbonyl (C=O) groups is 3. The third kappa shape index (κ3) is 7.73. The average molecular weight is 552 g/mol. The summed E-state index contributed by atoms with van der Waals surface area (Å²) in [4.78, 5) is 42.0. The first kappa shape index (κ1) is 28.1. The van der Waals surface area contributed by atoms with Gasteiger partial charge in [0.2, 0.25) is 11.7 Å². The van der Waals surface area contributed by atoms with E-state index in [2.05, 4.69) is 36.0 Å². The molecule has 3 aromatic rings. The summed E-state index contributed by atoms with van der Waals surface area (Å²) in [5, 5.41) is 19.5. The number of aromatic amines is 1. The number of ketones is 1. The zero-order chi connectivity index (χ0) is 27.2. The quantitative estimate of drug-likeness (QED) is 0.238. The lowest BCUT2D eigenvalue weighted by Gasteiger charge is -2.28. The largest absolute Gasteiger partial charge is 0.436 e. The zero-order valence-corrected chi connectivity index (χ0v) is 22.2. The zero-order valence-electron chi connectivity index (χ0n) is 20.7. The van der Waals surface area contributed by atoms with Gasteiger partial charge >= 0.3 is 6.09 Å². The smallest absolute Gasteiger partial charge is 0.408 e. The monoisotopic (exact) mass is 551 g/mol. The third-order valence-corrected chi connectivity index (χ3v) is 5.50. The molecule has 37 heavy (non-hydrogen) atoms. The van der Waals surface area contributed by atoms with Crippen molar-refractivity contribution >= 4 is 46.8 Å². The predicted molar refractivity (Wildman–Crippen MR) is 135 cm³/mol. The van der Waals surface area contributed by atoms with Crippen molar-refractivity contribution < 1.29 is 23.5 Å². The number of pyridine rings is 1. The normalized spacial score (nSPS) is 13.0. The molecule has 3 N–H and O–H groups in total. The Balaban J connectivity index is 1.75. The number of nitrogens with zero attached hydrogens (tertiary/aromatic N) is 4. The van der Waals surface area contributed by atoms with Crippen molar-refractivity contribution in [2.45, 2.75) is 59.1 Å². The van der Waals surface area contributed by atoms with E-state index < -0.39 is 35.3 Å². The van der Waals surface area contributed by atoms with Crippen LogP contribution >= 0.6 is 23.2 Å². The van der Waals surface area contributed by atoms with Gasteiger partial charge in [0.15, 0.2) is 6.10 Å². The molecule has 0 aliphatic carbocycles. The fourth-order valence-corrected chi connectivity index (χ4v) is 3.73. The van der Waals surface area contributed by atoms with E-state index in [1.165, 1.54) is 24.4 Å². The lowest BCUT2D eigenvalue weighted by molar-refractivity contribution is -0.136. The molecule has 0 radical (unpaired) electrons. The van der Waals surface area contributed by atoms with Crippen LogP contribution in [-0.4, -0.2) is 49.2 Å². The highest BCUT2D eigenvalue weighted by atomic mass is 35.5. The van der Waals surface area contributed by atoms with E-state index in [9.17, 15) is 14.4 Å². The van der Waals surface area contributed by atoms with Crippen molar-refractivity contribution in [3.8, 4) is 11.5 Å². The van der Waals surface area contributed by atoms with Crippen LogP contribution in [0.1, 0.15) is 59.0 Å². The number of Topliss-reactive ketones (excluding diaryl/α,β-unsaturated/α-hetero) is 1. The molecule has 12 nitrogen and oxygen atoms in total. The summed E-state index contributed by atoms with van der Waals surface area (Å²) in [7, 11) is 0. The van der Waals surface area contributed by atoms with Crippen LogP contribution in [0.15, 0.2) is 28.8 Å². The Morgan fingerprint density at radius 3 is 2.46 bits per heavy atom. The Bertz CT molecular complexity index is 1220. The molecule has 0 saturated heterocycles. The molecule has 0 fully saturated rings. The molecule has 0 unspecified atom stereocenters. The van der Waals surface area contributed by atoms with Gasteiger partial charge in [-0.2, -0.15) is 5.10 Å². The summed E-state index contributed by atoms with van der Waals surface area (Å²) >= 11 is 11.9. The molecule has 3 heterocycles. The summed E-state index contributed by atoms with van der Waals surface area (Å²) in [6.07, 6.45) is 1.12. The SMILES string of the molecule is CCCC[C@H](NC(=O)O[C@@H](c1nnc(-c2cc(Cl)nc(Cl)c2)o1)C(C)(C)C)C(=O)C(=O)Nc1ccn[nH]1. The molecular formula is C23H27Cl2N7O5. The Kier molecular flexibility index (Phi) is 9.22. The molecule has 2 amide bonds. The summed E-state index contributed by atoms with van der Waals surface area (Å²) in [6.45, 7) is 7.36. The third-order valence-electron chi connectivity index (χ3n) is 5.11. The van der Waals surface area contributed by atoms with Gasteiger partial charge in [-0.15, -0.1) is 10.2 Å². The predicted octanol–water partition coefficient (Wildman–Crippen LogP) is 4.74. The van der Waals surface area contributed by atoms with Crippen LogP contribution in [0.25, 0.3) is 11.5 Å². The maximum absolute atomic E-state index is 12.9. The second-order valence-electron chi connectivity index (χ2n) is 9.23. The number of halogens is 2. The number of carbonyl (C=O) groups excluding carboxylic acids is 3. The van der Waals surface area contributed by atoms with Gasteiger partial charge in [0, 0.05) is 17.0 Å². The van der Waals surface area contributed by atoms with E-state index in [0.29, 0.717) is 12.0 Å². The molecule has 3 rings (SSSR count). The number of nitrogens with one attached hydrogen (secondary N) is 3. The maximum atomic E-state index is 12.9. The minimum Gasteiger partial charge on any atom is -0.436 e. The Hall–Kier alpha value is -3.51.